The molecular weight excluding hydrogens is 204 g/mol. The van der Waals surface area contributed by atoms with Crippen molar-refractivity contribution in [3.8, 4) is 5.75 Å². The Morgan fingerprint density at radius 1 is 1.69 bits per heavy atom. The van der Waals surface area contributed by atoms with E-state index >= 15 is 0 Å². The van der Waals surface area contributed by atoms with Gasteiger partial charge in [-0.05, 0) is 18.6 Å². The molecule has 16 heavy (non-hydrogen) atoms. The van der Waals surface area contributed by atoms with Crippen molar-refractivity contribution in [3.63, 3.8) is 0 Å². The van der Waals surface area contributed by atoms with Gasteiger partial charge in [0.05, 0.1) is 13.3 Å². The summed E-state index contributed by atoms with van der Waals surface area (Å²) in [6.45, 7) is 5.76. The maximum atomic E-state index is 5.76. The Bertz CT molecular complexity index is 426. The van der Waals surface area contributed by atoms with Crippen molar-refractivity contribution in [1.29, 1.82) is 0 Å². The highest BCUT2D eigenvalue weighted by molar-refractivity contribution is 6.10. The Balaban J connectivity index is 3.20. The molecule has 0 amide bonds. The number of aromatic nitrogens is 1. The maximum Gasteiger partial charge on any atom is 0.168 e. The van der Waals surface area contributed by atoms with Crippen LogP contribution in [-0.2, 0) is 0 Å². The zero-order valence-electron chi connectivity index (χ0n) is 9.74. The van der Waals surface area contributed by atoms with E-state index in [0.717, 1.165) is 11.3 Å². The molecule has 0 atom stereocenters. The molecule has 5 nitrogen and oxygen atoms in total. The van der Waals surface area contributed by atoms with Crippen molar-refractivity contribution >= 4 is 17.6 Å². The van der Waals surface area contributed by atoms with Crippen molar-refractivity contribution < 1.29 is 4.74 Å². The predicted molar refractivity (Wildman–Crippen MR) is 66.5 cm³/mol. The number of nitrogens with one attached hydrogen (secondary N) is 1. The zero-order valence-corrected chi connectivity index (χ0v) is 9.74. The maximum absolute atomic E-state index is 5.76. The van der Waals surface area contributed by atoms with Crippen LogP contribution in [0.15, 0.2) is 17.7 Å². The molecule has 0 unspecified atom stereocenters. The van der Waals surface area contributed by atoms with Crippen molar-refractivity contribution in [1.82, 2.24) is 10.4 Å². The number of nitrogens with zero attached hydrogens (tertiary/aromatic N) is 2. The molecule has 0 aliphatic rings. The van der Waals surface area contributed by atoms with E-state index in [2.05, 4.69) is 22.1 Å². The summed E-state index contributed by atoms with van der Waals surface area (Å²) in [7, 11) is 3.27. The predicted octanol–water partition coefficient (Wildman–Crippen LogP) is 1.20. The van der Waals surface area contributed by atoms with Gasteiger partial charge in [-0.3, -0.25) is 0 Å². The summed E-state index contributed by atoms with van der Waals surface area (Å²) >= 11 is 0. The van der Waals surface area contributed by atoms with Crippen LogP contribution in [0.25, 0.3) is 5.57 Å². The fraction of sp³-hybridized carbons (Fsp3) is 0.273. The second kappa shape index (κ2) is 5.16. The van der Waals surface area contributed by atoms with Gasteiger partial charge in [0.1, 0.15) is 0 Å². The van der Waals surface area contributed by atoms with E-state index in [4.69, 9.17) is 10.5 Å². The molecule has 0 spiro atoms. The van der Waals surface area contributed by atoms with Gasteiger partial charge >= 0.3 is 0 Å². The van der Waals surface area contributed by atoms with Crippen molar-refractivity contribution in [2.45, 2.75) is 6.92 Å². The van der Waals surface area contributed by atoms with Crippen LogP contribution in [0.2, 0.25) is 0 Å². The van der Waals surface area contributed by atoms with Crippen LogP contribution in [-0.4, -0.2) is 25.4 Å². The van der Waals surface area contributed by atoms with Gasteiger partial charge in [-0.2, -0.15) is 5.10 Å². The van der Waals surface area contributed by atoms with Crippen molar-refractivity contribution in [2.75, 3.05) is 19.9 Å². The normalized spacial score (nSPS) is 10.4. The molecular formula is C11H16N4O. The molecule has 0 saturated carbocycles. The molecule has 0 radical (unpaired) electrons. The Kier molecular flexibility index (Phi) is 3.88. The summed E-state index contributed by atoms with van der Waals surface area (Å²) in [6.07, 6.45) is 1.61. The van der Waals surface area contributed by atoms with E-state index in [-0.39, 0.29) is 0 Å². The number of hydrogen-bond donors (Lipinski definition) is 2. The smallest absolute Gasteiger partial charge is 0.168 e. The number of nitrogen functional groups attached to an aromatic ring is 1. The molecule has 0 fully saturated rings. The first-order chi connectivity index (χ1) is 7.60. The Hall–Kier alpha value is -2.04. The Labute approximate surface area is 95.0 Å². The standard InChI is InChI=1S/C11H16N4O/c1-7(6-14-13-3)9-5-8(2)15-11(12)10(9)16-4/h5-6,13H,1H2,2-4H3,(H2,12,15)/b14-6-. The first-order valence-corrected chi connectivity index (χ1v) is 4.80. The molecule has 1 aromatic rings. The van der Waals surface area contributed by atoms with Gasteiger partial charge in [0.2, 0.25) is 0 Å². The lowest BCUT2D eigenvalue weighted by Crippen LogP contribution is -2.02. The summed E-state index contributed by atoms with van der Waals surface area (Å²) < 4.78 is 5.20. The minimum atomic E-state index is 0.358. The molecule has 5 heteroatoms. The molecule has 1 heterocycles. The van der Waals surface area contributed by atoms with Gasteiger partial charge in [-0.1, -0.05) is 6.58 Å². The topological polar surface area (TPSA) is 72.5 Å². The van der Waals surface area contributed by atoms with E-state index in [1.165, 1.54) is 0 Å². The third-order valence-electron chi connectivity index (χ3n) is 2.03. The highest BCUT2D eigenvalue weighted by atomic mass is 16.5. The molecule has 0 saturated heterocycles. The van der Waals surface area contributed by atoms with Crippen LogP contribution in [0.3, 0.4) is 0 Å². The van der Waals surface area contributed by atoms with Crippen LogP contribution < -0.4 is 15.9 Å². The molecule has 0 aliphatic carbocycles. The van der Waals surface area contributed by atoms with Gasteiger partial charge in [-0.15, -0.1) is 0 Å². The summed E-state index contributed by atoms with van der Waals surface area (Å²) in [5.41, 5.74) is 10.7. The number of anilines is 1. The van der Waals surface area contributed by atoms with E-state index in [1.807, 2.05) is 13.0 Å². The highest BCUT2D eigenvalue weighted by Crippen LogP contribution is 2.29. The lowest BCUT2D eigenvalue weighted by atomic mass is 10.1. The average Bonchev–Trinajstić information content (AvgIpc) is 2.24. The number of nitrogens with two attached hydrogens (primary N) is 1. The minimum absolute atomic E-state index is 0.358. The molecule has 1 aromatic heterocycles. The molecule has 0 aliphatic heterocycles. The van der Waals surface area contributed by atoms with Crippen LogP contribution >= 0.6 is 0 Å². The van der Waals surface area contributed by atoms with Gasteiger partial charge in [0.25, 0.3) is 0 Å². The van der Waals surface area contributed by atoms with Gasteiger partial charge in [-0.25, -0.2) is 4.98 Å². The van der Waals surface area contributed by atoms with E-state index in [0.29, 0.717) is 17.1 Å². The van der Waals surface area contributed by atoms with Crippen LogP contribution in [0.4, 0.5) is 5.82 Å². The fourth-order valence-electron chi connectivity index (χ4n) is 1.35. The van der Waals surface area contributed by atoms with Crippen molar-refractivity contribution in [3.05, 3.63) is 23.9 Å². The number of pyridine rings is 1. The van der Waals surface area contributed by atoms with Crippen LogP contribution in [0.5, 0.6) is 5.75 Å². The van der Waals surface area contributed by atoms with Crippen molar-refractivity contribution in [2.24, 2.45) is 5.10 Å². The summed E-state index contributed by atoms with van der Waals surface area (Å²) in [5, 5.41) is 3.89. The Morgan fingerprint density at radius 2 is 2.38 bits per heavy atom. The third-order valence-corrected chi connectivity index (χ3v) is 2.03. The van der Waals surface area contributed by atoms with Crippen LogP contribution in [0, 0.1) is 6.92 Å². The summed E-state index contributed by atoms with van der Waals surface area (Å²) in [5.74, 6) is 0.884. The second-order valence-corrected chi connectivity index (χ2v) is 3.24. The average molecular weight is 220 g/mol. The number of hydrogen-bond acceptors (Lipinski definition) is 5. The van der Waals surface area contributed by atoms with Crippen LogP contribution in [0.1, 0.15) is 11.3 Å². The number of aryl methyl sites for hydroxylation is 1. The van der Waals surface area contributed by atoms with Gasteiger partial charge in [0, 0.05) is 18.3 Å². The summed E-state index contributed by atoms with van der Waals surface area (Å²) in [6, 6.07) is 1.86. The quantitative estimate of drug-likeness (QED) is 0.590. The molecule has 1 rings (SSSR count). The van der Waals surface area contributed by atoms with E-state index < -0.39 is 0 Å². The minimum Gasteiger partial charge on any atom is -0.492 e. The van der Waals surface area contributed by atoms with Gasteiger partial charge in [0.15, 0.2) is 11.6 Å². The fourth-order valence-corrected chi connectivity index (χ4v) is 1.35. The van der Waals surface area contributed by atoms with E-state index in [1.54, 1.807) is 20.4 Å². The highest BCUT2D eigenvalue weighted by Gasteiger charge is 2.11. The largest absolute Gasteiger partial charge is 0.492 e. The number of allylic oxidation sites excluding steroid dienone is 1. The SMILES string of the molecule is C=C(/C=N\NC)c1cc(C)nc(N)c1OC. The molecule has 0 aromatic carbocycles. The molecule has 86 valence electrons. The lowest BCUT2D eigenvalue weighted by Gasteiger charge is -2.11. The number of ether oxygens (including phenoxy) is 1. The summed E-state index contributed by atoms with van der Waals surface area (Å²) in [4.78, 5) is 4.12. The van der Waals surface area contributed by atoms with E-state index in [9.17, 15) is 0 Å². The number of rotatable bonds is 4. The Morgan fingerprint density at radius 3 is 2.94 bits per heavy atom. The third kappa shape index (κ3) is 2.50. The molecule has 3 N–H and O–H groups in total. The lowest BCUT2D eigenvalue weighted by molar-refractivity contribution is 0.414. The number of hydrazone groups is 1. The second-order valence-electron chi connectivity index (χ2n) is 3.24. The first-order valence-electron chi connectivity index (χ1n) is 4.80. The number of methoxy groups -OCH3 is 1. The monoisotopic (exact) mass is 220 g/mol. The molecule has 0 bridgehead atoms. The zero-order chi connectivity index (χ0) is 12.1. The first kappa shape index (κ1) is 12.0. The van der Waals surface area contributed by atoms with Gasteiger partial charge < -0.3 is 15.9 Å².